The van der Waals surface area contributed by atoms with Gasteiger partial charge in [0.25, 0.3) is 0 Å². The summed E-state index contributed by atoms with van der Waals surface area (Å²) >= 11 is 3.67. The lowest BCUT2D eigenvalue weighted by Gasteiger charge is -2.28. The first kappa shape index (κ1) is 19.1. The summed E-state index contributed by atoms with van der Waals surface area (Å²) in [5.41, 5.74) is 4.16. The molecule has 2 atom stereocenters. The highest BCUT2D eigenvalue weighted by Gasteiger charge is 2.40. The third-order valence-corrected chi connectivity index (χ3v) is 6.45. The normalized spacial score (nSPS) is 18.8. The van der Waals surface area contributed by atoms with E-state index >= 15 is 0 Å². The predicted molar refractivity (Wildman–Crippen MR) is 132 cm³/mol. The second-order valence-corrected chi connectivity index (χ2v) is 8.80. The summed E-state index contributed by atoms with van der Waals surface area (Å²) in [4.78, 5) is 17.0. The van der Waals surface area contributed by atoms with Gasteiger partial charge in [-0.1, -0.05) is 94.8 Å². The van der Waals surface area contributed by atoms with Gasteiger partial charge in [-0.15, -0.1) is 0 Å². The maximum atomic E-state index is 5.03. The van der Waals surface area contributed by atoms with Crippen LogP contribution in [0, 0.1) is 0 Å². The molecule has 32 heavy (non-hydrogen) atoms. The molecule has 4 nitrogen and oxygen atoms in total. The number of anilines is 2. The number of nitrogens with zero attached hydrogens (tertiary/aromatic N) is 4. The number of hydrogen-bond donors (Lipinski definition) is 0. The maximum absolute atomic E-state index is 5.03. The van der Waals surface area contributed by atoms with Crippen molar-refractivity contribution in [2.75, 3.05) is 4.90 Å². The molecule has 2 aliphatic rings. The summed E-state index contributed by atoms with van der Waals surface area (Å²) in [6.45, 7) is 0. The van der Waals surface area contributed by atoms with Gasteiger partial charge in [0, 0.05) is 39.4 Å². The highest BCUT2D eigenvalue weighted by atomic mass is 79.9. The van der Waals surface area contributed by atoms with Gasteiger partial charge in [-0.2, -0.15) is 0 Å². The highest BCUT2D eigenvalue weighted by molar-refractivity contribution is 9.11. The maximum Gasteiger partial charge on any atom is 0.162 e. The van der Waals surface area contributed by atoms with Crippen LogP contribution >= 0.6 is 15.9 Å². The topological polar surface area (TPSA) is 41.9 Å². The minimum Gasteiger partial charge on any atom is -0.303 e. The number of aromatic nitrogens is 3. The highest BCUT2D eigenvalue weighted by Crippen LogP contribution is 2.47. The molecule has 2 unspecified atom stereocenters. The standard InChI is InChI=1S/C27H19BrN4/c28-20-13-14-21-22-12-7-15-29-27(22)32(24(21)16-20)25-17-23(18-8-3-1-4-9-18)30-26(31-25)19-10-5-2-6-11-19/h1-17,21,24H. The van der Waals surface area contributed by atoms with Crippen LogP contribution in [-0.4, -0.2) is 21.0 Å². The fourth-order valence-electron chi connectivity index (χ4n) is 4.46. The molecule has 2 aromatic carbocycles. The van der Waals surface area contributed by atoms with Crippen LogP contribution in [0.15, 0.2) is 108 Å². The monoisotopic (exact) mass is 478 g/mol. The lowest BCUT2D eigenvalue weighted by molar-refractivity contribution is 0.735. The van der Waals surface area contributed by atoms with Crippen molar-refractivity contribution in [3.63, 3.8) is 0 Å². The Balaban J connectivity index is 1.57. The Morgan fingerprint density at radius 3 is 2.34 bits per heavy atom. The molecule has 1 aliphatic carbocycles. The number of benzene rings is 2. The van der Waals surface area contributed by atoms with Gasteiger partial charge in [0.15, 0.2) is 5.82 Å². The van der Waals surface area contributed by atoms with E-state index in [0.717, 1.165) is 32.9 Å². The SMILES string of the molecule is BrC1=CC2C(C=C1)c1cccnc1N2c1cc(-c2ccccc2)nc(-c2ccccc2)n1. The molecule has 6 rings (SSSR count). The first-order valence-corrected chi connectivity index (χ1v) is 11.4. The van der Waals surface area contributed by atoms with E-state index in [1.807, 2.05) is 60.8 Å². The molecule has 0 radical (unpaired) electrons. The van der Waals surface area contributed by atoms with Crippen LogP contribution in [0.25, 0.3) is 22.6 Å². The number of fused-ring (bicyclic) bond motifs is 3. The molecule has 1 aliphatic heterocycles. The number of halogens is 1. The lowest BCUT2D eigenvalue weighted by Crippen LogP contribution is -2.30. The molecular weight excluding hydrogens is 460 g/mol. The van der Waals surface area contributed by atoms with Crippen molar-refractivity contribution in [1.29, 1.82) is 0 Å². The van der Waals surface area contributed by atoms with Crippen molar-refractivity contribution in [1.82, 2.24) is 15.0 Å². The number of rotatable bonds is 3. The first-order valence-electron chi connectivity index (χ1n) is 10.6. The summed E-state index contributed by atoms with van der Waals surface area (Å²) in [6, 6.07) is 26.7. The summed E-state index contributed by atoms with van der Waals surface area (Å²) < 4.78 is 1.07. The molecule has 2 aromatic heterocycles. The van der Waals surface area contributed by atoms with Gasteiger partial charge in [0.1, 0.15) is 11.6 Å². The average Bonchev–Trinajstić information content (AvgIpc) is 3.18. The van der Waals surface area contributed by atoms with E-state index in [9.17, 15) is 0 Å². The number of allylic oxidation sites excluding steroid dienone is 2. The fourth-order valence-corrected chi connectivity index (χ4v) is 4.88. The minimum absolute atomic E-state index is 0.0985. The Morgan fingerprint density at radius 1 is 0.812 bits per heavy atom. The summed E-state index contributed by atoms with van der Waals surface area (Å²) in [5, 5.41) is 0. The van der Waals surface area contributed by atoms with Crippen LogP contribution in [0.4, 0.5) is 11.6 Å². The molecular formula is C27H19BrN4. The van der Waals surface area contributed by atoms with Gasteiger partial charge >= 0.3 is 0 Å². The second kappa shape index (κ2) is 7.84. The van der Waals surface area contributed by atoms with Crippen LogP contribution < -0.4 is 4.90 Å². The fraction of sp³-hybridized carbons (Fsp3) is 0.0741. The smallest absolute Gasteiger partial charge is 0.162 e. The molecule has 5 heteroatoms. The van der Waals surface area contributed by atoms with E-state index in [1.54, 1.807) is 0 Å². The molecule has 0 N–H and O–H groups in total. The zero-order chi connectivity index (χ0) is 21.5. The largest absolute Gasteiger partial charge is 0.303 e. The Bertz CT molecular complexity index is 1290. The van der Waals surface area contributed by atoms with Gasteiger partial charge in [0.05, 0.1) is 11.7 Å². The Kier molecular flexibility index (Phi) is 4.69. The van der Waals surface area contributed by atoms with E-state index in [4.69, 9.17) is 15.0 Å². The van der Waals surface area contributed by atoms with E-state index in [-0.39, 0.29) is 12.0 Å². The predicted octanol–water partition coefficient (Wildman–Crippen LogP) is 6.66. The number of hydrogen-bond acceptors (Lipinski definition) is 4. The molecule has 0 amide bonds. The Hall–Kier alpha value is -3.57. The molecule has 0 bridgehead atoms. The van der Waals surface area contributed by atoms with Crippen LogP contribution in [-0.2, 0) is 0 Å². The molecule has 0 fully saturated rings. The Labute approximate surface area is 195 Å². The van der Waals surface area contributed by atoms with Crippen molar-refractivity contribution in [2.45, 2.75) is 12.0 Å². The second-order valence-electron chi connectivity index (χ2n) is 7.88. The van der Waals surface area contributed by atoms with Gasteiger partial charge in [-0.05, 0) is 12.1 Å². The van der Waals surface area contributed by atoms with Crippen molar-refractivity contribution in [2.24, 2.45) is 0 Å². The Morgan fingerprint density at radius 2 is 1.56 bits per heavy atom. The lowest BCUT2D eigenvalue weighted by atomic mass is 9.92. The van der Waals surface area contributed by atoms with Crippen LogP contribution in [0.1, 0.15) is 11.5 Å². The molecule has 154 valence electrons. The van der Waals surface area contributed by atoms with Crippen molar-refractivity contribution < 1.29 is 0 Å². The van der Waals surface area contributed by atoms with E-state index in [0.29, 0.717) is 5.82 Å². The molecule has 0 saturated carbocycles. The van der Waals surface area contributed by atoms with Gasteiger partial charge in [-0.25, -0.2) is 15.0 Å². The van der Waals surface area contributed by atoms with Crippen LogP contribution in [0.2, 0.25) is 0 Å². The van der Waals surface area contributed by atoms with E-state index in [1.165, 1.54) is 5.56 Å². The third kappa shape index (κ3) is 3.26. The zero-order valence-electron chi connectivity index (χ0n) is 17.1. The van der Waals surface area contributed by atoms with E-state index < -0.39 is 0 Å². The van der Waals surface area contributed by atoms with Crippen LogP contribution in [0.3, 0.4) is 0 Å². The van der Waals surface area contributed by atoms with Crippen LogP contribution in [0.5, 0.6) is 0 Å². The quantitative estimate of drug-likeness (QED) is 0.330. The molecule has 0 saturated heterocycles. The van der Waals surface area contributed by atoms with Gasteiger partial charge < -0.3 is 4.90 Å². The number of pyridine rings is 1. The minimum atomic E-state index is 0.0985. The van der Waals surface area contributed by atoms with Crippen molar-refractivity contribution in [3.05, 3.63) is 113 Å². The van der Waals surface area contributed by atoms with Crippen molar-refractivity contribution >= 4 is 27.6 Å². The van der Waals surface area contributed by atoms with Gasteiger partial charge in [0.2, 0.25) is 0 Å². The van der Waals surface area contributed by atoms with Crippen molar-refractivity contribution in [3.8, 4) is 22.6 Å². The zero-order valence-corrected chi connectivity index (χ0v) is 18.7. The van der Waals surface area contributed by atoms with Gasteiger partial charge in [-0.3, -0.25) is 0 Å². The molecule has 0 spiro atoms. The summed E-state index contributed by atoms with van der Waals surface area (Å²) in [5.74, 6) is 2.73. The molecule has 3 heterocycles. The third-order valence-electron chi connectivity index (χ3n) is 5.92. The summed E-state index contributed by atoms with van der Waals surface area (Å²) in [7, 11) is 0. The first-order chi connectivity index (χ1) is 15.8. The van der Waals surface area contributed by atoms with E-state index in [2.05, 4.69) is 63.3 Å². The molecule has 4 aromatic rings. The average molecular weight is 479 g/mol. The summed E-state index contributed by atoms with van der Waals surface area (Å²) in [6.07, 6.45) is 8.45.